The van der Waals surface area contributed by atoms with Crippen LogP contribution in [0, 0.1) is 0 Å². The molecule has 0 fully saturated rings. The molecule has 1 amide bonds. The molecule has 2 N–H and O–H groups in total. The van der Waals surface area contributed by atoms with E-state index in [0.717, 1.165) is 0 Å². The van der Waals surface area contributed by atoms with Gasteiger partial charge in [-0.2, -0.15) is 0 Å². The maximum absolute atomic E-state index is 12.1. The molecule has 0 atom stereocenters. The van der Waals surface area contributed by atoms with Gasteiger partial charge in [-0.25, -0.2) is 13.1 Å². The summed E-state index contributed by atoms with van der Waals surface area (Å²) >= 11 is 11.8. The average Bonchev–Trinajstić information content (AvgIpc) is 2.63. The van der Waals surface area contributed by atoms with Gasteiger partial charge in [0, 0.05) is 18.7 Å². The molecule has 0 aliphatic heterocycles. The summed E-state index contributed by atoms with van der Waals surface area (Å²) in [6.45, 7) is 0.163. The first kappa shape index (κ1) is 21.5. The molecule has 7 nitrogen and oxygen atoms in total. The number of carbonyl (C=O) groups excluding carboxylic acids is 1. The summed E-state index contributed by atoms with van der Waals surface area (Å²) in [5, 5.41) is 3.37. The van der Waals surface area contributed by atoms with Crippen LogP contribution in [-0.4, -0.2) is 41.2 Å². The van der Waals surface area contributed by atoms with E-state index in [-0.39, 0.29) is 24.7 Å². The molecule has 146 valence electrons. The number of ether oxygens (including phenoxy) is 2. The van der Waals surface area contributed by atoms with Gasteiger partial charge in [0.25, 0.3) is 5.91 Å². The van der Waals surface area contributed by atoms with Gasteiger partial charge in [0.1, 0.15) is 5.75 Å². The highest BCUT2D eigenvalue weighted by atomic mass is 35.5. The van der Waals surface area contributed by atoms with Crippen LogP contribution in [-0.2, 0) is 19.6 Å². The van der Waals surface area contributed by atoms with Crippen LogP contribution in [0.25, 0.3) is 0 Å². The molecule has 27 heavy (non-hydrogen) atoms. The van der Waals surface area contributed by atoms with Crippen LogP contribution in [0.4, 0.5) is 5.69 Å². The van der Waals surface area contributed by atoms with Gasteiger partial charge in [0.05, 0.1) is 22.2 Å². The number of sulfonamides is 1. The highest BCUT2D eigenvalue weighted by molar-refractivity contribution is 7.89. The Labute approximate surface area is 167 Å². The van der Waals surface area contributed by atoms with E-state index in [1.165, 1.54) is 37.4 Å². The number of methoxy groups -OCH3 is 1. The van der Waals surface area contributed by atoms with E-state index < -0.39 is 15.9 Å². The lowest BCUT2D eigenvalue weighted by Crippen LogP contribution is -2.27. The number of carbonyl (C=O) groups is 1. The molecule has 0 bridgehead atoms. The van der Waals surface area contributed by atoms with Crippen molar-refractivity contribution < 1.29 is 22.7 Å². The Morgan fingerprint density at radius 3 is 2.48 bits per heavy atom. The zero-order chi connectivity index (χ0) is 19.9. The van der Waals surface area contributed by atoms with Gasteiger partial charge < -0.3 is 14.8 Å². The van der Waals surface area contributed by atoms with Crippen LogP contribution in [0.15, 0.2) is 47.4 Å². The zero-order valence-electron chi connectivity index (χ0n) is 14.4. The highest BCUT2D eigenvalue weighted by Crippen LogP contribution is 2.25. The quantitative estimate of drug-likeness (QED) is 0.594. The lowest BCUT2D eigenvalue weighted by molar-refractivity contribution is -0.118. The van der Waals surface area contributed by atoms with Crippen molar-refractivity contribution in [3.63, 3.8) is 0 Å². The predicted molar refractivity (Wildman–Crippen MR) is 104 cm³/mol. The SMILES string of the molecule is COCCNS(=O)(=O)c1ccc(OCC(=O)Nc2cc(Cl)ccc2Cl)cc1. The second-order valence-corrected chi connectivity index (χ2v) is 7.93. The Kier molecular flexibility index (Phi) is 7.88. The Balaban J connectivity index is 1.91. The van der Waals surface area contributed by atoms with Crippen LogP contribution >= 0.6 is 23.2 Å². The molecule has 2 aromatic rings. The maximum atomic E-state index is 12.1. The van der Waals surface area contributed by atoms with E-state index in [0.29, 0.717) is 21.5 Å². The average molecular weight is 433 g/mol. The number of amides is 1. The van der Waals surface area contributed by atoms with Crippen LogP contribution in [0.3, 0.4) is 0 Å². The van der Waals surface area contributed by atoms with Crippen molar-refractivity contribution in [3.8, 4) is 5.75 Å². The molecule has 10 heteroatoms. The molecule has 0 heterocycles. The number of anilines is 1. The smallest absolute Gasteiger partial charge is 0.262 e. The van der Waals surface area contributed by atoms with Gasteiger partial charge in [0.2, 0.25) is 10.0 Å². The minimum absolute atomic E-state index is 0.0844. The summed E-state index contributed by atoms with van der Waals surface area (Å²) in [4.78, 5) is 12.1. The molecule has 2 rings (SSSR count). The normalized spacial score (nSPS) is 11.2. The Morgan fingerprint density at radius 1 is 1.11 bits per heavy atom. The molecule has 0 radical (unpaired) electrons. The minimum Gasteiger partial charge on any atom is -0.484 e. The van der Waals surface area contributed by atoms with Crippen LogP contribution in [0.1, 0.15) is 0 Å². The first-order valence-corrected chi connectivity index (χ1v) is 10.0. The maximum Gasteiger partial charge on any atom is 0.262 e. The van der Waals surface area contributed by atoms with Crippen molar-refractivity contribution in [3.05, 3.63) is 52.5 Å². The fraction of sp³-hybridized carbons (Fsp3) is 0.235. The molecule has 0 aliphatic rings. The van der Waals surface area contributed by atoms with Crippen molar-refractivity contribution in [1.82, 2.24) is 4.72 Å². The summed E-state index contributed by atoms with van der Waals surface area (Å²) in [5.74, 6) is -0.0877. The zero-order valence-corrected chi connectivity index (χ0v) is 16.7. The first-order valence-electron chi connectivity index (χ1n) is 7.78. The van der Waals surface area contributed by atoms with Crippen molar-refractivity contribution in [2.75, 3.05) is 32.2 Å². The Bertz CT molecular complexity index is 889. The van der Waals surface area contributed by atoms with Gasteiger partial charge in [-0.05, 0) is 42.5 Å². The second kappa shape index (κ2) is 9.91. The summed E-state index contributed by atoms with van der Waals surface area (Å²) in [7, 11) is -2.14. The van der Waals surface area contributed by atoms with Gasteiger partial charge in [-0.3, -0.25) is 4.79 Å². The molecule has 0 unspecified atom stereocenters. The molecule has 0 aliphatic carbocycles. The van der Waals surface area contributed by atoms with Crippen molar-refractivity contribution >= 4 is 44.8 Å². The number of benzene rings is 2. The second-order valence-electron chi connectivity index (χ2n) is 5.32. The fourth-order valence-electron chi connectivity index (χ4n) is 2.00. The third-order valence-electron chi connectivity index (χ3n) is 3.30. The monoisotopic (exact) mass is 432 g/mol. The molecule has 2 aromatic carbocycles. The minimum atomic E-state index is -3.62. The number of hydrogen-bond acceptors (Lipinski definition) is 5. The van der Waals surface area contributed by atoms with Crippen molar-refractivity contribution in [1.29, 1.82) is 0 Å². The molecule has 0 spiro atoms. The largest absolute Gasteiger partial charge is 0.484 e. The van der Waals surface area contributed by atoms with E-state index in [4.69, 9.17) is 32.7 Å². The summed E-state index contributed by atoms with van der Waals surface area (Å²) in [6, 6.07) is 10.4. The van der Waals surface area contributed by atoms with E-state index in [2.05, 4.69) is 10.0 Å². The van der Waals surface area contributed by atoms with E-state index >= 15 is 0 Å². The van der Waals surface area contributed by atoms with E-state index in [1.54, 1.807) is 12.1 Å². The lowest BCUT2D eigenvalue weighted by atomic mass is 10.3. The fourth-order valence-corrected chi connectivity index (χ4v) is 3.35. The van der Waals surface area contributed by atoms with Crippen LogP contribution in [0.2, 0.25) is 10.0 Å². The Morgan fingerprint density at radius 2 is 1.81 bits per heavy atom. The summed E-state index contributed by atoms with van der Waals surface area (Å²) < 4.78 is 36.7. The summed E-state index contributed by atoms with van der Waals surface area (Å²) in [6.07, 6.45) is 0. The molecule has 0 saturated heterocycles. The van der Waals surface area contributed by atoms with Crippen molar-refractivity contribution in [2.45, 2.75) is 4.90 Å². The van der Waals surface area contributed by atoms with Gasteiger partial charge in [0.15, 0.2) is 6.61 Å². The molecule has 0 saturated carbocycles. The lowest BCUT2D eigenvalue weighted by Gasteiger charge is -2.10. The van der Waals surface area contributed by atoms with E-state index in [1.807, 2.05) is 0 Å². The first-order chi connectivity index (χ1) is 12.8. The number of nitrogens with one attached hydrogen (secondary N) is 2. The topological polar surface area (TPSA) is 93.7 Å². The number of hydrogen-bond donors (Lipinski definition) is 2. The van der Waals surface area contributed by atoms with E-state index in [9.17, 15) is 13.2 Å². The number of rotatable bonds is 9. The van der Waals surface area contributed by atoms with Gasteiger partial charge in [-0.1, -0.05) is 23.2 Å². The Hall–Kier alpha value is -1.84. The van der Waals surface area contributed by atoms with Gasteiger partial charge >= 0.3 is 0 Å². The highest BCUT2D eigenvalue weighted by Gasteiger charge is 2.13. The predicted octanol–water partition coefficient (Wildman–Crippen LogP) is 2.94. The summed E-state index contributed by atoms with van der Waals surface area (Å²) in [5.41, 5.74) is 0.376. The third kappa shape index (κ3) is 6.67. The van der Waals surface area contributed by atoms with Crippen LogP contribution < -0.4 is 14.8 Å². The third-order valence-corrected chi connectivity index (χ3v) is 5.35. The van der Waals surface area contributed by atoms with Gasteiger partial charge in [-0.15, -0.1) is 0 Å². The number of halogens is 2. The standard InChI is InChI=1S/C17H18Cl2N2O5S/c1-25-9-8-20-27(23,24)14-5-3-13(4-6-14)26-11-17(22)21-16-10-12(18)2-7-15(16)19/h2-7,10,20H,8-9,11H2,1H3,(H,21,22). The van der Waals surface area contributed by atoms with Crippen LogP contribution in [0.5, 0.6) is 5.75 Å². The molecular weight excluding hydrogens is 415 g/mol. The molecule has 0 aromatic heterocycles. The molecular formula is C17H18Cl2N2O5S. The van der Waals surface area contributed by atoms with Crippen molar-refractivity contribution in [2.24, 2.45) is 0 Å².